The van der Waals surface area contributed by atoms with Crippen LogP contribution in [0.4, 0.5) is 20.5 Å². The lowest BCUT2D eigenvalue weighted by molar-refractivity contribution is 0.160. The van der Waals surface area contributed by atoms with Gasteiger partial charge in [-0.05, 0) is 30.2 Å². The first-order valence-electron chi connectivity index (χ1n) is 12.5. The Morgan fingerprint density at radius 1 is 1.08 bits per heavy atom. The summed E-state index contributed by atoms with van der Waals surface area (Å²) in [7, 11) is 1.64. The highest BCUT2D eigenvalue weighted by molar-refractivity contribution is 5.83. The van der Waals surface area contributed by atoms with E-state index < -0.39 is 11.6 Å². The molecular weight excluding hydrogens is 478 g/mol. The van der Waals surface area contributed by atoms with Crippen molar-refractivity contribution in [3.05, 3.63) is 59.7 Å². The van der Waals surface area contributed by atoms with Crippen molar-refractivity contribution in [2.45, 2.75) is 25.4 Å². The van der Waals surface area contributed by atoms with E-state index in [9.17, 15) is 4.39 Å². The van der Waals surface area contributed by atoms with Crippen LogP contribution in [0.1, 0.15) is 23.9 Å². The minimum Gasteiger partial charge on any atom is -0.383 e. The van der Waals surface area contributed by atoms with E-state index in [4.69, 9.17) is 4.74 Å². The van der Waals surface area contributed by atoms with Gasteiger partial charge in [0.25, 0.3) is 0 Å². The molecule has 0 spiro atoms. The third-order valence-corrected chi connectivity index (χ3v) is 6.95. The Kier molecular flexibility index (Phi) is 6.49. The number of nitrogens with zero attached hydrogens (tertiary/aromatic N) is 6. The largest absolute Gasteiger partial charge is 0.383 e. The average molecular weight is 507 g/mol. The Morgan fingerprint density at radius 2 is 1.95 bits per heavy atom. The summed E-state index contributed by atoms with van der Waals surface area (Å²) in [6.07, 6.45) is 4.51. The number of ether oxygens (including phenoxy) is 1. The summed E-state index contributed by atoms with van der Waals surface area (Å²) in [4.78, 5) is 19.7. The van der Waals surface area contributed by atoms with Gasteiger partial charge in [0.05, 0.1) is 24.4 Å². The maximum absolute atomic E-state index is 15.1. The monoisotopic (exact) mass is 506 g/mol. The van der Waals surface area contributed by atoms with Gasteiger partial charge >= 0.3 is 0 Å². The van der Waals surface area contributed by atoms with Crippen LogP contribution in [0.2, 0.25) is 0 Å². The number of nitrogens with one attached hydrogen (secondary N) is 2. The Balaban J connectivity index is 1.26. The van der Waals surface area contributed by atoms with Crippen LogP contribution in [0.25, 0.3) is 22.3 Å². The van der Waals surface area contributed by atoms with Crippen LogP contribution in [0.3, 0.4) is 0 Å². The molecule has 0 bridgehead atoms. The zero-order valence-corrected chi connectivity index (χ0v) is 20.5. The summed E-state index contributed by atoms with van der Waals surface area (Å²) in [6, 6.07) is 6.92. The summed E-state index contributed by atoms with van der Waals surface area (Å²) in [5.41, 5.74) is 2.32. The molecule has 2 aliphatic rings. The number of hydrogen-bond acceptors (Lipinski definition) is 8. The summed E-state index contributed by atoms with van der Waals surface area (Å²) in [5.74, 6) is 0.373. The summed E-state index contributed by atoms with van der Waals surface area (Å²) >= 11 is 0. The van der Waals surface area contributed by atoms with Crippen LogP contribution in [0, 0.1) is 11.6 Å². The highest BCUT2D eigenvalue weighted by Gasteiger charge is 2.27. The Labute approximate surface area is 212 Å². The topological polar surface area (TPSA) is 93.0 Å². The molecule has 0 amide bonds. The predicted octanol–water partition coefficient (Wildman–Crippen LogP) is 3.45. The second-order valence-electron chi connectivity index (χ2n) is 9.46. The fraction of sp³-hybridized carbons (Fsp3) is 0.385. The van der Waals surface area contributed by atoms with E-state index >= 15 is 4.39 Å². The minimum absolute atomic E-state index is 0.00506. The standard InChI is InChI=1S/C26H28F2N8O/c1-37-15-18-3-5-23-33-25-19(27)10-17(11-21(25)36(18)23)24-20(28)13-31-26(34-24)32-22-4-2-16(12-30-22)14-35-8-6-29-7-9-35/h2,4,10-13,18,29H,3,5-9,14-15H2,1H3,(H,30,31,32,34)/t18-/m1/s1. The average Bonchev–Trinajstić information content (AvgIpc) is 3.48. The fourth-order valence-corrected chi connectivity index (χ4v) is 5.16. The number of aromatic nitrogens is 5. The molecule has 0 unspecified atom stereocenters. The van der Waals surface area contributed by atoms with Gasteiger partial charge in [-0.25, -0.2) is 28.7 Å². The number of halogens is 2. The smallest absolute Gasteiger partial charge is 0.229 e. The fourth-order valence-electron chi connectivity index (χ4n) is 5.16. The Bertz CT molecular complexity index is 1420. The van der Waals surface area contributed by atoms with Gasteiger partial charge in [-0.1, -0.05) is 6.07 Å². The molecule has 6 rings (SSSR count). The van der Waals surface area contributed by atoms with Gasteiger partial charge < -0.3 is 19.9 Å². The highest BCUT2D eigenvalue weighted by Crippen LogP contribution is 2.35. The first-order chi connectivity index (χ1) is 18.1. The maximum atomic E-state index is 15.1. The molecule has 1 atom stereocenters. The summed E-state index contributed by atoms with van der Waals surface area (Å²) in [6.45, 7) is 5.34. The number of anilines is 2. The zero-order chi connectivity index (χ0) is 25.4. The molecule has 0 aliphatic carbocycles. The number of rotatable bonds is 7. The van der Waals surface area contributed by atoms with E-state index in [1.807, 2.05) is 22.9 Å². The van der Waals surface area contributed by atoms with Crippen molar-refractivity contribution in [2.75, 3.05) is 45.2 Å². The van der Waals surface area contributed by atoms with Crippen LogP contribution in [-0.4, -0.2) is 69.3 Å². The van der Waals surface area contributed by atoms with Gasteiger partial charge in [-0.3, -0.25) is 4.90 Å². The number of aryl methyl sites for hydroxylation is 1. The number of benzene rings is 1. The lowest BCUT2D eigenvalue weighted by atomic mass is 10.1. The van der Waals surface area contributed by atoms with Gasteiger partial charge in [0.1, 0.15) is 22.9 Å². The molecule has 2 aliphatic heterocycles. The Morgan fingerprint density at radius 3 is 2.73 bits per heavy atom. The van der Waals surface area contributed by atoms with Crippen LogP contribution in [-0.2, 0) is 17.7 Å². The normalized spacial score (nSPS) is 17.9. The van der Waals surface area contributed by atoms with Crippen molar-refractivity contribution >= 4 is 22.8 Å². The van der Waals surface area contributed by atoms with Crippen LogP contribution >= 0.6 is 0 Å². The summed E-state index contributed by atoms with van der Waals surface area (Å²) < 4.78 is 37.3. The molecule has 192 valence electrons. The molecule has 11 heteroatoms. The second kappa shape index (κ2) is 10.1. The van der Waals surface area contributed by atoms with Crippen LogP contribution in [0.15, 0.2) is 36.7 Å². The van der Waals surface area contributed by atoms with E-state index in [1.165, 1.54) is 6.07 Å². The number of pyridine rings is 1. The van der Waals surface area contributed by atoms with Gasteiger partial charge in [-0.2, -0.15) is 0 Å². The van der Waals surface area contributed by atoms with Gasteiger partial charge in [-0.15, -0.1) is 0 Å². The molecule has 5 heterocycles. The van der Waals surface area contributed by atoms with Crippen molar-refractivity contribution in [1.29, 1.82) is 0 Å². The molecule has 1 saturated heterocycles. The van der Waals surface area contributed by atoms with Gasteiger partial charge in [0.2, 0.25) is 5.95 Å². The van der Waals surface area contributed by atoms with E-state index in [-0.39, 0.29) is 23.2 Å². The van der Waals surface area contributed by atoms with Crippen LogP contribution < -0.4 is 10.6 Å². The summed E-state index contributed by atoms with van der Waals surface area (Å²) in [5, 5.41) is 6.38. The predicted molar refractivity (Wildman–Crippen MR) is 136 cm³/mol. The van der Waals surface area contributed by atoms with Crippen molar-refractivity contribution in [1.82, 2.24) is 34.7 Å². The Hall–Kier alpha value is -3.54. The minimum atomic E-state index is -0.641. The number of imidazole rings is 1. The second-order valence-corrected chi connectivity index (χ2v) is 9.46. The first-order valence-corrected chi connectivity index (χ1v) is 12.5. The highest BCUT2D eigenvalue weighted by atomic mass is 19.1. The molecule has 1 fully saturated rings. The van der Waals surface area contributed by atoms with Gasteiger partial charge in [0, 0.05) is 58.0 Å². The number of methoxy groups -OCH3 is 1. The lowest BCUT2D eigenvalue weighted by Crippen LogP contribution is -2.42. The third kappa shape index (κ3) is 4.77. The van der Waals surface area contributed by atoms with Crippen molar-refractivity contribution < 1.29 is 13.5 Å². The SMILES string of the molecule is COC[C@H]1CCc2nc3c(F)cc(-c4nc(Nc5ccc(CN6CCNCC6)cn5)ncc4F)cc3n21. The molecule has 9 nitrogen and oxygen atoms in total. The molecule has 3 aromatic heterocycles. The number of hydrogen-bond donors (Lipinski definition) is 2. The van der Waals surface area contributed by atoms with E-state index in [2.05, 4.69) is 35.5 Å². The number of piperazine rings is 1. The van der Waals surface area contributed by atoms with E-state index in [0.717, 1.165) is 63.2 Å². The quantitative estimate of drug-likeness (QED) is 0.394. The molecule has 4 aromatic rings. The lowest BCUT2D eigenvalue weighted by Gasteiger charge is -2.27. The molecular formula is C26H28F2N8O. The maximum Gasteiger partial charge on any atom is 0.229 e. The van der Waals surface area contributed by atoms with Crippen molar-refractivity contribution in [3.63, 3.8) is 0 Å². The zero-order valence-electron chi connectivity index (χ0n) is 20.5. The van der Waals surface area contributed by atoms with E-state index in [0.29, 0.717) is 23.5 Å². The molecule has 1 aromatic carbocycles. The van der Waals surface area contributed by atoms with Crippen molar-refractivity contribution in [2.24, 2.45) is 0 Å². The molecule has 37 heavy (non-hydrogen) atoms. The third-order valence-electron chi connectivity index (χ3n) is 6.95. The van der Waals surface area contributed by atoms with Crippen LogP contribution in [0.5, 0.6) is 0 Å². The molecule has 0 saturated carbocycles. The number of fused-ring (bicyclic) bond motifs is 3. The van der Waals surface area contributed by atoms with Gasteiger partial charge in [0.15, 0.2) is 11.6 Å². The molecule has 0 radical (unpaired) electrons. The van der Waals surface area contributed by atoms with Crippen molar-refractivity contribution in [3.8, 4) is 11.3 Å². The first kappa shape index (κ1) is 23.8. The molecule has 2 N–H and O–H groups in total. The van der Waals surface area contributed by atoms with E-state index in [1.54, 1.807) is 13.2 Å².